The number of nitrogens with zero attached hydrogens (tertiary/aromatic N) is 3. The van der Waals surface area contributed by atoms with Gasteiger partial charge in [-0.25, -0.2) is 4.98 Å². The van der Waals surface area contributed by atoms with Crippen LogP contribution in [0.3, 0.4) is 0 Å². The summed E-state index contributed by atoms with van der Waals surface area (Å²) in [5.74, 6) is 0.268. The van der Waals surface area contributed by atoms with Gasteiger partial charge in [-0.05, 0) is 45.6 Å². The lowest BCUT2D eigenvalue weighted by Gasteiger charge is -2.37. The average molecular weight is 342 g/mol. The Kier molecular flexibility index (Phi) is 4.23. The fourth-order valence-corrected chi connectivity index (χ4v) is 4.70. The van der Waals surface area contributed by atoms with Crippen LogP contribution in [0.1, 0.15) is 60.3 Å². The van der Waals surface area contributed by atoms with Gasteiger partial charge in [0.25, 0.3) is 5.91 Å². The first kappa shape index (κ1) is 16.5. The van der Waals surface area contributed by atoms with Crippen molar-refractivity contribution in [2.75, 3.05) is 6.54 Å². The predicted octanol–water partition coefficient (Wildman–Crippen LogP) is 2.73. The third-order valence-corrected chi connectivity index (χ3v) is 5.90. The third kappa shape index (κ3) is 2.82. The number of nitrogens with one attached hydrogen (secondary N) is 1. The van der Waals surface area contributed by atoms with Gasteiger partial charge in [0.2, 0.25) is 0 Å². The Balaban J connectivity index is 1.69. The molecule has 0 bridgehead atoms. The van der Waals surface area contributed by atoms with Crippen LogP contribution in [0.25, 0.3) is 11.0 Å². The molecule has 0 spiro atoms. The average Bonchev–Trinajstić information content (AvgIpc) is 3.21. The van der Waals surface area contributed by atoms with E-state index in [9.17, 15) is 9.90 Å². The summed E-state index contributed by atoms with van der Waals surface area (Å²) in [7, 11) is 0. The van der Waals surface area contributed by atoms with Gasteiger partial charge in [0.05, 0.1) is 17.1 Å². The number of aromatic nitrogens is 3. The van der Waals surface area contributed by atoms with Gasteiger partial charge in [0.1, 0.15) is 0 Å². The largest absolute Gasteiger partial charge is 0.393 e. The molecule has 3 unspecified atom stereocenters. The van der Waals surface area contributed by atoms with E-state index in [0.717, 1.165) is 61.8 Å². The van der Waals surface area contributed by atoms with Gasteiger partial charge >= 0.3 is 0 Å². The molecule has 6 heteroatoms. The van der Waals surface area contributed by atoms with Crippen LogP contribution in [0.2, 0.25) is 0 Å². The monoisotopic (exact) mass is 342 g/mol. The van der Waals surface area contributed by atoms with E-state index in [1.54, 1.807) is 0 Å². The number of amides is 1. The van der Waals surface area contributed by atoms with E-state index in [-0.39, 0.29) is 24.0 Å². The maximum atomic E-state index is 13.4. The van der Waals surface area contributed by atoms with Crippen molar-refractivity contribution in [3.05, 3.63) is 23.0 Å². The van der Waals surface area contributed by atoms with E-state index in [4.69, 9.17) is 0 Å². The maximum Gasteiger partial charge on any atom is 0.254 e. The molecule has 2 aromatic rings. The van der Waals surface area contributed by atoms with Gasteiger partial charge in [0, 0.05) is 29.9 Å². The Bertz CT molecular complexity index is 800. The normalized spacial score (nSPS) is 27.2. The van der Waals surface area contributed by atoms with E-state index in [0.29, 0.717) is 11.2 Å². The summed E-state index contributed by atoms with van der Waals surface area (Å²) in [6, 6.07) is 2.03. The molecule has 0 aromatic carbocycles. The molecule has 1 aliphatic carbocycles. The van der Waals surface area contributed by atoms with Crippen molar-refractivity contribution in [1.29, 1.82) is 0 Å². The summed E-state index contributed by atoms with van der Waals surface area (Å²) >= 11 is 0. The SMILES string of the molecule is Cc1cc(C(=O)N2CCCC2C2CCCCC2O)c2c(C)[nH]nc2n1. The second-order valence-electron chi connectivity index (χ2n) is 7.58. The van der Waals surface area contributed by atoms with E-state index in [1.807, 2.05) is 24.8 Å². The van der Waals surface area contributed by atoms with Gasteiger partial charge in [-0.2, -0.15) is 5.10 Å². The van der Waals surface area contributed by atoms with Crippen molar-refractivity contribution >= 4 is 16.9 Å². The van der Waals surface area contributed by atoms with Crippen LogP contribution < -0.4 is 0 Å². The quantitative estimate of drug-likeness (QED) is 0.879. The summed E-state index contributed by atoms with van der Waals surface area (Å²) in [6.45, 7) is 4.59. The molecule has 2 aromatic heterocycles. The number of pyridine rings is 1. The van der Waals surface area contributed by atoms with Crippen molar-refractivity contribution < 1.29 is 9.90 Å². The minimum absolute atomic E-state index is 0.0558. The molecule has 2 N–H and O–H groups in total. The zero-order chi connectivity index (χ0) is 17.6. The van der Waals surface area contributed by atoms with E-state index >= 15 is 0 Å². The third-order valence-electron chi connectivity index (χ3n) is 5.90. The highest BCUT2D eigenvalue weighted by atomic mass is 16.3. The van der Waals surface area contributed by atoms with Crippen LogP contribution in [-0.4, -0.2) is 49.8 Å². The number of hydrogen-bond acceptors (Lipinski definition) is 4. The standard InChI is InChI=1S/C19H26N4O2/c1-11-10-14(17-12(2)21-22-18(17)20-11)19(25)23-9-5-7-15(23)13-6-3-4-8-16(13)24/h10,13,15-16,24H,3-9H2,1-2H3,(H,20,21,22). The van der Waals surface area contributed by atoms with Crippen molar-refractivity contribution in [2.24, 2.45) is 5.92 Å². The van der Waals surface area contributed by atoms with Crippen molar-refractivity contribution in [3.8, 4) is 0 Å². The molecule has 6 nitrogen and oxygen atoms in total. The number of carbonyl (C=O) groups excluding carboxylic acids is 1. The molecule has 3 heterocycles. The summed E-state index contributed by atoms with van der Waals surface area (Å²) < 4.78 is 0. The number of rotatable bonds is 2. The molecule has 2 aliphatic rings. The Labute approximate surface area is 147 Å². The topological polar surface area (TPSA) is 82.1 Å². The van der Waals surface area contributed by atoms with Crippen molar-refractivity contribution in [3.63, 3.8) is 0 Å². The van der Waals surface area contributed by atoms with E-state index in [2.05, 4.69) is 15.2 Å². The van der Waals surface area contributed by atoms with Gasteiger partial charge in [-0.15, -0.1) is 0 Å². The highest BCUT2D eigenvalue weighted by Gasteiger charge is 2.39. The van der Waals surface area contributed by atoms with Crippen LogP contribution in [0, 0.1) is 19.8 Å². The summed E-state index contributed by atoms with van der Waals surface area (Å²) in [5, 5.41) is 18.5. The highest BCUT2D eigenvalue weighted by molar-refractivity contribution is 6.06. The number of aryl methyl sites for hydroxylation is 2. The summed E-state index contributed by atoms with van der Waals surface area (Å²) in [6.07, 6.45) is 5.86. The lowest BCUT2D eigenvalue weighted by Crippen LogP contribution is -2.45. The molecule has 0 radical (unpaired) electrons. The first-order valence-corrected chi connectivity index (χ1v) is 9.37. The minimum atomic E-state index is -0.276. The number of aromatic amines is 1. The van der Waals surface area contributed by atoms with Gasteiger partial charge in [-0.1, -0.05) is 12.8 Å². The zero-order valence-electron chi connectivity index (χ0n) is 15.0. The molecular formula is C19H26N4O2. The Morgan fingerprint density at radius 3 is 2.84 bits per heavy atom. The van der Waals surface area contributed by atoms with Gasteiger partial charge in [0.15, 0.2) is 5.65 Å². The molecule has 25 heavy (non-hydrogen) atoms. The molecule has 4 rings (SSSR count). The Hall–Kier alpha value is -1.95. The minimum Gasteiger partial charge on any atom is -0.393 e. The summed E-state index contributed by atoms with van der Waals surface area (Å²) in [5.41, 5.74) is 2.97. The first-order chi connectivity index (χ1) is 12.1. The molecular weight excluding hydrogens is 316 g/mol. The van der Waals surface area contributed by atoms with Crippen LogP contribution in [0.15, 0.2) is 6.07 Å². The number of hydrogen-bond donors (Lipinski definition) is 2. The second kappa shape index (κ2) is 6.41. The molecule has 1 amide bonds. The first-order valence-electron chi connectivity index (χ1n) is 9.37. The molecule has 3 atom stereocenters. The van der Waals surface area contributed by atoms with Gasteiger partial charge in [-0.3, -0.25) is 9.89 Å². The van der Waals surface area contributed by atoms with Crippen molar-refractivity contribution in [2.45, 2.75) is 64.5 Å². The Morgan fingerprint density at radius 2 is 2.04 bits per heavy atom. The lowest BCUT2D eigenvalue weighted by molar-refractivity contribution is 0.0212. The zero-order valence-corrected chi connectivity index (χ0v) is 15.0. The van der Waals surface area contributed by atoms with Crippen LogP contribution >= 0.6 is 0 Å². The molecule has 2 fully saturated rings. The number of fused-ring (bicyclic) bond motifs is 1. The van der Waals surface area contributed by atoms with Crippen LogP contribution in [-0.2, 0) is 0 Å². The van der Waals surface area contributed by atoms with Crippen LogP contribution in [0.4, 0.5) is 0 Å². The number of likely N-dealkylation sites (tertiary alicyclic amines) is 1. The fraction of sp³-hybridized carbons (Fsp3) is 0.632. The maximum absolute atomic E-state index is 13.4. The lowest BCUT2D eigenvalue weighted by atomic mass is 9.80. The predicted molar refractivity (Wildman–Crippen MR) is 95.4 cm³/mol. The number of aliphatic hydroxyl groups excluding tert-OH is 1. The number of aliphatic hydroxyl groups is 1. The number of carbonyl (C=O) groups is 1. The fourth-order valence-electron chi connectivity index (χ4n) is 4.70. The van der Waals surface area contributed by atoms with Crippen molar-refractivity contribution in [1.82, 2.24) is 20.1 Å². The number of H-pyrrole nitrogens is 1. The second-order valence-corrected chi connectivity index (χ2v) is 7.58. The highest BCUT2D eigenvalue weighted by Crippen LogP contribution is 2.36. The summed E-state index contributed by atoms with van der Waals surface area (Å²) in [4.78, 5) is 19.8. The molecule has 134 valence electrons. The Morgan fingerprint density at radius 1 is 1.24 bits per heavy atom. The molecule has 1 aliphatic heterocycles. The van der Waals surface area contributed by atoms with Crippen LogP contribution in [0.5, 0.6) is 0 Å². The molecule has 1 saturated heterocycles. The van der Waals surface area contributed by atoms with E-state index < -0.39 is 0 Å². The molecule has 1 saturated carbocycles. The van der Waals surface area contributed by atoms with E-state index in [1.165, 1.54) is 0 Å². The smallest absolute Gasteiger partial charge is 0.254 e. The van der Waals surface area contributed by atoms with Gasteiger partial charge < -0.3 is 10.0 Å².